The molecule has 1 aliphatic heterocycles. The van der Waals surface area contributed by atoms with Gasteiger partial charge in [-0.1, -0.05) is 18.1 Å². The third kappa shape index (κ3) is 3.88. The van der Waals surface area contributed by atoms with Crippen LogP contribution in [0.1, 0.15) is 35.6 Å². The maximum absolute atomic E-state index is 13.9. The number of hydrogen-bond acceptors (Lipinski definition) is 3. The number of hydrogen-bond donors (Lipinski definition) is 1. The number of piperidine rings is 1. The predicted octanol–water partition coefficient (Wildman–Crippen LogP) is 3.25. The zero-order chi connectivity index (χ0) is 16.1. The van der Waals surface area contributed by atoms with E-state index in [1.54, 1.807) is 18.2 Å². The van der Waals surface area contributed by atoms with Crippen LogP contribution in [0.2, 0.25) is 0 Å². The number of pyridine rings is 1. The molecule has 2 heterocycles. The Morgan fingerprint density at radius 3 is 2.83 bits per heavy atom. The van der Waals surface area contributed by atoms with Gasteiger partial charge in [0.05, 0.1) is 0 Å². The summed E-state index contributed by atoms with van der Waals surface area (Å²) in [6, 6.07) is 10.5. The zero-order valence-corrected chi connectivity index (χ0v) is 12.9. The zero-order valence-electron chi connectivity index (χ0n) is 12.9. The van der Waals surface area contributed by atoms with E-state index in [1.807, 2.05) is 12.1 Å². The molecule has 0 aliphatic carbocycles. The van der Waals surface area contributed by atoms with Crippen molar-refractivity contribution in [3.8, 4) is 18.2 Å². The second-order valence-electron chi connectivity index (χ2n) is 5.66. The van der Waals surface area contributed by atoms with Crippen LogP contribution in [0.25, 0.3) is 0 Å². The molecule has 0 bridgehead atoms. The second kappa shape index (κ2) is 7.26. The normalized spacial score (nSPS) is 15.1. The lowest BCUT2D eigenvalue weighted by atomic mass is 9.94. The van der Waals surface area contributed by atoms with Gasteiger partial charge >= 0.3 is 0 Å². The van der Waals surface area contributed by atoms with Crippen LogP contribution < -0.4 is 10.1 Å². The van der Waals surface area contributed by atoms with Crippen molar-refractivity contribution in [2.75, 3.05) is 13.1 Å². The van der Waals surface area contributed by atoms with Crippen molar-refractivity contribution in [3.05, 3.63) is 59.0 Å². The molecule has 118 valence electrons. The Morgan fingerprint density at radius 2 is 2.09 bits per heavy atom. The molecule has 0 radical (unpaired) electrons. The molecule has 1 aromatic heterocycles. The van der Waals surface area contributed by atoms with Gasteiger partial charge in [-0.2, -0.15) is 0 Å². The Kier molecular flexibility index (Phi) is 4.89. The lowest BCUT2D eigenvalue weighted by Gasteiger charge is -2.22. The van der Waals surface area contributed by atoms with Gasteiger partial charge in [0.15, 0.2) is 0 Å². The van der Waals surface area contributed by atoms with Crippen molar-refractivity contribution in [2.45, 2.75) is 25.4 Å². The molecule has 0 spiro atoms. The molecule has 1 fully saturated rings. The largest absolute Gasteiger partial charge is 0.473 e. The van der Waals surface area contributed by atoms with Gasteiger partial charge in [-0.15, -0.1) is 6.42 Å². The number of benzene rings is 1. The van der Waals surface area contributed by atoms with E-state index < -0.39 is 0 Å². The molecule has 2 aromatic rings. The average Bonchev–Trinajstić information content (AvgIpc) is 2.61. The Morgan fingerprint density at radius 1 is 1.26 bits per heavy atom. The monoisotopic (exact) mass is 310 g/mol. The molecule has 3 rings (SSSR count). The summed E-state index contributed by atoms with van der Waals surface area (Å²) >= 11 is 0. The number of rotatable bonds is 4. The lowest BCUT2D eigenvalue weighted by molar-refractivity contribution is 0.286. The minimum atomic E-state index is -0.352. The first kappa shape index (κ1) is 15.5. The first-order valence-electron chi connectivity index (χ1n) is 7.82. The van der Waals surface area contributed by atoms with Gasteiger partial charge in [0.1, 0.15) is 12.4 Å². The molecule has 0 amide bonds. The van der Waals surface area contributed by atoms with Crippen LogP contribution in [-0.4, -0.2) is 18.1 Å². The molecule has 1 aromatic carbocycles. The molecular weight excluding hydrogens is 291 g/mol. The molecule has 0 atom stereocenters. The van der Waals surface area contributed by atoms with E-state index >= 15 is 0 Å². The van der Waals surface area contributed by atoms with Gasteiger partial charge < -0.3 is 10.1 Å². The van der Waals surface area contributed by atoms with Crippen LogP contribution in [0, 0.1) is 18.2 Å². The summed E-state index contributed by atoms with van der Waals surface area (Å²) in [6.45, 7) is 2.17. The van der Waals surface area contributed by atoms with Gasteiger partial charge in [0.2, 0.25) is 5.88 Å². The number of aromatic nitrogens is 1. The van der Waals surface area contributed by atoms with Crippen molar-refractivity contribution < 1.29 is 9.13 Å². The quantitative estimate of drug-likeness (QED) is 0.880. The number of nitrogens with one attached hydrogen (secondary N) is 1. The predicted molar refractivity (Wildman–Crippen MR) is 87.7 cm³/mol. The molecule has 1 aliphatic rings. The number of ether oxygens (including phenoxy) is 1. The molecule has 1 N–H and O–H groups in total. The summed E-state index contributed by atoms with van der Waals surface area (Å²) in [5.41, 5.74) is 2.04. The standard InChI is InChI=1S/C19H19FN2O/c1-2-14-6-7-16(17(20)12-14)13-23-19-5-3-4-18(22-19)15-8-10-21-11-9-15/h1,3-7,12,15,21H,8-11,13H2. The lowest BCUT2D eigenvalue weighted by Crippen LogP contribution is -2.27. The Hall–Kier alpha value is -2.38. The first-order chi connectivity index (χ1) is 11.3. The smallest absolute Gasteiger partial charge is 0.213 e. The van der Waals surface area contributed by atoms with Crippen LogP contribution in [0.5, 0.6) is 5.88 Å². The summed E-state index contributed by atoms with van der Waals surface area (Å²) in [7, 11) is 0. The Bertz CT molecular complexity index is 718. The van der Waals surface area contributed by atoms with Crippen LogP contribution in [0.3, 0.4) is 0 Å². The van der Waals surface area contributed by atoms with Crippen molar-refractivity contribution >= 4 is 0 Å². The van der Waals surface area contributed by atoms with Crippen LogP contribution >= 0.6 is 0 Å². The van der Waals surface area contributed by atoms with E-state index in [1.165, 1.54) is 6.07 Å². The van der Waals surface area contributed by atoms with Crippen LogP contribution in [0.15, 0.2) is 36.4 Å². The summed E-state index contributed by atoms with van der Waals surface area (Å²) < 4.78 is 19.6. The van der Waals surface area contributed by atoms with E-state index in [9.17, 15) is 4.39 Å². The summed E-state index contributed by atoms with van der Waals surface area (Å²) in [5, 5.41) is 3.35. The maximum Gasteiger partial charge on any atom is 0.213 e. The third-order valence-electron chi connectivity index (χ3n) is 4.10. The first-order valence-corrected chi connectivity index (χ1v) is 7.82. The molecular formula is C19H19FN2O. The minimum Gasteiger partial charge on any atom is -0.473 e. The van der Waals surface area contributed by atoms with Crippen molar-refractivity contribution in [3.63, 3.8) is 0 Å². The van der Waals surface area contributed by atoms with Gasteiger partial charge in [-0.05, 0) is 44.1 Å². The molecule has 1 saturated heterocycles. The van der Waals surface area contributed by atoms with Crippen molar-refractivity contribution in [1.29, 1.82) is 0 Å². The van der Waals surface area contributed by atoms with Crippen LogP contribution in [-0.2, 0) is 6.61 Å². The highest BCUT2D eigenvalue weighted by Gasteiger charge is 2.16. The number of nitrogens with zero attached hydrogens (tertiary/aromatic N) is 1. The van der Waals surface area contributed by atoms with E-state index in [2.05, 4.69) is 16.2 Å². The fourth-order valence-corrected chi connectivity index (χ4v) is 2.76. The molecule has 3 nitrogen and oxygen atoms in total. The third-order valence-corrected chi connectivity index (χ3v) is 4.10. The van der Waals surface area contributed by atoms with Gasteiger partial charge in [-0.3, -0.25) is 0 Å². The van der Waals surface area contributed by atoms with Gasteiger partial charge in [0, 0.05) is 28.8 Å². The SMILES string of the molecule is C#Cc1ccc(COc2cccc(C3CCNCC3)n2)c(F)c1. The highest BCUT2D eigenvalue weighted by Crippen LogP contribution is 2.25. The maximum atomic E-state index is 13.9. The molecule has 0 unspecified atom stereocenters. The highest BCUT2D eigenvalue weighted by atomic mass is 19.1. The highest BCUT2D eigenvalue weighted by molar-refractivity contribution is 5.35. The summed E-state index contributed by atoms with van der Waals surface area (Å²) in [4.78, 5) is 4.57. The van der Waals surface area contributed by atoms with E-state index in [4.69, 9.17) is 11.2 Å². The van der Waals surface area contributed by atoms with Crippen LogP contribution in [0.4, 0.5) is 4.39 Å². The van der Waals surface area contributed by atoms with E-state index in [0.29, 0.717) is 22.9 Å². The minimum absolute atomic E-state index is 0.138. The van der Waals surface area contributed by atoms with Crippen molar-refractivity contribution in [2.24, 2.45) is 0 Å². The fraction of sp³-hybridized carbons (Fsp3) is 0.316. The van der Waals surface area contributed by atoms with Gasteiger partial charge in [-0.25, -0.2) is 9.37 Å². The average molecular weight is 310 g/mol. The molecule has 0 saturated carbocycles. The fourth-order valence-electron chi connectivity index (χ4n) is 2.76. The van der Waals surface area contributed by atoms with Crippen molar-refractivity contribution in [1.82, 2.24) is 10.3 Å². The van der Waals surface area contributed by atoms with E-state index in [0.717, 1.165) is 31.6 Å². The second-order valence-corrected chi connectivity index (χ2v) is 5.66. The molecule has 23 heavy (non-hydrogen) atoms. The topological polar surface area (TPSA) is 34.1 Å². The Balaban J connectivity index is 1.67. The Labute approximate surface area is 135 Å². The van der Waals surface area contributed by atoms with E-state index in [-0.39, 0.29) is 12.4 Å². The summed E-state index contributed by atoms with van der Waals surface area (Å²) in [6.07, 6.45) is 7.42. The molecule has 4 heteroatoms. The van der Waals surface area contributed by atoms with Gasteiger partial charge in [0.25, 0.3) is 0 Å². The summed E-state index contributed by atoms with van der Waals surface area (Å²) in [5.74, 6) is 3.06. The number of terminal acetylenes is 1. The number of halogens is 1.